The molecular formula is C13H11Cl2FeNO2. The van der Waals surface area contributed by atoms with Gasteiger partial charge in [-0.05, 0) is 19.1 Å². The predicted octanol–water partition coefficient (Wildman–Crippen LogP) is -3.35. The van der Waals surface area contributed by atoms with Crippen LogP contribution in [0.4, 0.5) is 0 Å². The van der Waals surface area contributed by atoms with Crippen LogP contribution in [0.25, 0.3) is 10.9 Å². The summed E-state index contributed by atoms with van der Waals surface area (Å²) in [6.45, 7) is 2.96. The molecule has 0 fully saturated rings. The Morgan fingerprint density at radius 3 is 2.11 bits per heavy atom. The van der Waals surface area contributed by atoms with Crippen molar-refractivity contribution in [3.05, 3.63) is 41.6 Å². The summed E-state index contributed by atoms with van der Waals surface area (Å²) in [6.07, 6.45) is 0. The summed E-state index contributed by atoms with van der Waals surface area (Å²) in [5.74, 6) is -0.140. The number of Topliss-reactive ketones (excluding diaryl/α,β-unsaturated/α-hetero) is 2. The third-order valence-corrected chi connectivity index (χ3v) is 2.46. The first-order valence-electron chi connectivity index (χ1n) is 5.01. The van der Waals surface area contributed by atoms with Crippen LogP contribution in [0.5, 0.6) is 0 Å². The van der Waals surface area contributed by atoms with Crippen molar-refractivity contribution < 1.29 is 51.5 Å². The number of benzene rings is 1. The first kappa shape index (κ1) is 20.4. The molecule has 0 N–H and O–H groups in total. The average molecular weight is 340 g/mol. The van der Waals surface area contributed by atoms with Crippen molar-refractivity contribution in [2.45, 2.75) is 13.8 Å². The third kappa shape index (κ3) is 4.29. The van der Waals surface area contributed by atoms with E-state index in [9.17, 15) is 9.59 Å². The van der Waals surface area contributed by atoms with E-state index in [0.717, 1.165) is 5.39 Å². The molecule has 1 aromatic carbocycles. The van der Waals surface area contributed by atoms with Crippen LogP contribution in [-0.4, -0.2) is 16.6 Å². The predicted molar refractivity (Wildman–Crippen MR) is 61.8 cm³/mol. The summed E-state index contributed by atoms with van der Waals surface area (Å²) in [6, 6.07) is 8.90. The molecule has 3 nitrogen and oxygen atoms in total. The zero-order valence-electron chi connectivity index (χ0n) is 10.3. The molecule has 0 aliphatic heterocycles. The first-order chi connectivity index (χ1) is 7.59. The van der Waals surface area contributed by atoms with E-state index >= 15 is 0 Å². The van der Waals surface area contributed by atoms with Gasteiger partial charge < -0.3 is 24.8 Å². The fraction of sp³-hybridized carbons (Fsp3) is 0.154. The number of pyridine rings is 1. The fourth-order valence-electron chi connectivity index (χ4n) is 1.63. The van der Waals surface area contributed by atoms with Crippen LogP contribution >= 0.6 is 0 Å². The molecule has 1 aromatic heterocycles. The van der Waals surface area contributed by atoms with Crippen molar-refractivity contribution in [3.63, 3.8) is 0 Å². The van der Waals surface area contributed by atoms with Crippen LogP contribution in [0.2, 0.25) is 0 Å². The standard InChI is InChI=1S/C13H11NO2.2ClH.Fe/c1-8(15)11-5-3-4-10-6-7-12(9(2)16)14-13(10)11;;;/h3-7H,1-2H3;2*1H;/q;;;+2/p-2. The molecule has 1 heterocycles. The van der Waals surface area contributed by atoms with Gasteiger partial charge in [0.25, 0.3) is 0 Å². The maximum atomic E-state index is 11.4. The Morgan fingerprint density at radius 2 is 1.58 bits per heavy atom. The van der Waals surface area contributed by atoms with Gasteiger partial charge >= 0.3 is 17.1 Å². The number of halogens is 2. The molecule has 0 spiro atoms. The van der Waals surface area contributed by atoms with Gasteiger partial charge in [-0.2, -0.15) is 0 Å². The number of para-hydroxylation sites is 1. The molecular weight excluding hydrogens is 329 g/mol. The monoisotopic (exact) mass is 339 g/mol. The molecule has 2 rings (SSSR count). The van der Waals surface area contributed by atoms with Crippen molar-refractivity contribution in [1.29, 1.82) is 0 Å². The van der Waals surface area contributed by atoms with Gasteiger partial charge in [-0.15, -0.1) is 0 Å². The summed E-state index contributed by atoms with van der Waals surface area (Å²) in [7, 11) is 0. The fourth-order valence-corrected chi connectivity index (χ4v) is 1.63. The molecule has 0 aliphatic rings. The second-order valence-electron chi connectivity index (χ2n) is 3.69. The third-order valence-electron chi connectivity index (χ3n) is 2.46. The summed E-state index contributed by atoms with van der Waals surface area (Å²) in [5, 5.41) is 0.873. The Labute approximate surface area is 134 Å². The number of hydrogen-bond acceptors (Lipinski definition) is 3. The number of fused-ring (bicyclic) bond motifs is 1. The zero-order valence-corrected chi connectivity index (χ0v) is 12.9. The van der Waals surface area contributed by atoms with E-state index in [4.69, 9.17) is 0 Å². The van der Waals surface area contributed by atoms with E-state index in [1.807, 2.05) is 18.2 Å². The smallest absolute Gasteiger partial charge is 1.00 e. The number of ketones is 2. The molecule has 0 saturated carbocycles. The average Bonchev–Trinajstić information content (AvgIpc) is 2.27. The number of carbonyl (C=O) groups excluding carboxylic acids is 2. The molecule has 0 aliphatic carbocycles. The van der Waals surface area contributed by atoms with Crippen LogP contribution in [0.15, 0.2) is 30.3 Å². The molecule has 0 radical (unpaired) electrons. The van der Waals surface area contributed by atoms with Crippen LogP contribution in [0, 0.1) is 0 Å². The second kappa shape index (κ2) is 8.28. The van der Waals surface area contributed by atoms with Gasteiger partial charge in [-0.1, -0.05) is 18.2 Å². The quantitative estimate of drug-likeness (QED) is 0.424. The Hall–Kier alpha value is -0.931. The van der Waals surface area contributed by atoms with Gasteiger partial charge in [0.2, 0.25) is 0 Å². The number of aromatic nitrogens is 1. The number of hydrogen-bond donors (Lipinski definition) is 0. The molecule has 6 heteroatoms. The topological polar surface area (TPSA) is 47.0 Å². The van der Waals surface area contributed by atoms with E-state index in [1.165, 1.54) is 13.8 Å². The first-order valence-corrected chi connectivity index (χ1v) is 5.01. The van der Waals surface area contributed by atoms with Gasteiger partial charge in [0.15, 0.2) is 11.6 Å². The van der Waals surface area contributed by atoms with Crippen molar-refractivity contribution in [3.8, 4) is 0 Å². The Kier molecular flexibility index (Phi) is 8.89. The maximum absolute atomic E-state index is 11.4. The zero-order chi connectivity index (χ0) is 11.7. The van der Waals surface area contributed by atoms with Crippen LogP contribution in [0.3, 0.4) is 0 Å². The molecule has 2 aromatic rings. The van der Waals surface area contributed by atoms with Gasteiger partial charge in [-0.3, -0.25) is 9.59 Å². The Bertz CT molecular complexity index is 602. The van der Waals surface area contributed by atoms with Crippen molar-refractivity contribution >= 4 is 22.5 Å². The van der Waals surface area contributed by atoms with E-state index < -0.39 is 0 Å². The number of rotatable bonds is 2. The van der Waals surface area contributed by atoms with Gasteiger partial charge in [0.1, 0.15) is 5.69 Å². The van der Waals surface area contributed by atoms with Crippen molar-refractivity contribution in [2.24, 2.45) is 0 Å². The van der Waals surface area contributed by atoms with E-state index in [-0.39, 0.29) is 53.4 Å². The van der Waals surface area contributed by atoms with Gasteiger partial charge in [0, 0.05) is 17.9 Å². The summed E-state index contributed by atoms with van der Waals surface area (Å²) >= 11 is 0. The van der Waals surface area contributed by atoms with Crippen LogP contribution in [-0.2, 0) is 17.1 Å². The number of carbonyl (C=O) groups is 2. The SMILES string of the molecule is CC(=O)c1ccc2cccc(C(C)=O)c2n1.[Cl-].[Cl-].[Fe+2]. The minimum absolute atomic E-state index is 0. The summed E-state index contributed by atoms with van der Waals surface area (Å²) in [5.41, 5.74) is 1.55. The van der Waals surface area contributed by atoms with E-state index in [2.05, 4.69) is 4.98 Å². The Balaban J connectivity index is 0. The minimum Gasteiger partial charge on any atom is -1.00 e. The van der Waals surface area contributed by atoms with Gasteiger partial charge in [-0.25, -0.2) is 4.98 Å². The largest absolute Gasteiger partial charge is 2.00 e. The maximum Gasteiger partial charge on any atom is 2.00 e. The molecule has 0 atom stereocenters. The number of nitrogens with zero attached hydrogens (tertiary/aromatic N) is 1. The van der Waals surface area contributed by atoms with E-state index in [0.29, 0.717) is 16.8 Å². The normalized spacial score (nSPS) is 8.74. The van der Waals surface area contributed by atoms with Crippen LogP contribution in [0.1, 0.15) is 34.7 Å². The second-order valence-corrected chi connectivity index (χ2v) is 3.69. The molecule has 19 heavy (non-hydrogen) atoms. The van der Waals surface area contributed by atoms with Crippen LogP contribution < -0.4 is 24.8 Å². The molecule has 102 valence electrons. The van der Waals surface area contributed by atoms with E-state index in [1.54, 1.807) is 12.1 Å². The Morgan fingerprint density at radius 1 is 0.947 bits per heavy atom. The molecule has 0 saturated heterocycles. The summed E-state index contributed by atoms with van der Waals surface area (Å²) in [4.78, 5) is 26.9. The molecule has 0 bridgehead atoms. The molecule has 0 unspecified atom stereocenters. The summed E-state index contributed by atoms with van der Waals surface area (Å²) < 4.78 is 0. The minimum atomic E-state index is -0.0970. The molecule has 0 amide bonds. The van der Waals surface area contributed by atoms with Crippen molar-refractivity contribution in [2.75, 3.05) is 0 Å². The van der Waals surface area contributed by atoms with Crippen molar-refractivity contribution in [1.82, 2.24) is 4.98 Å². The van der Waals surface area contributed by atoms with Gasteiger partial charge in [0.05, 0.1) is 5.52 Å².